The lowest BCUT2D eigenvalue weighted by atomic mass is 10.1. The lowest BCUT2D eigenvalue weighted by Crippen LogP contribution is -2.24. The molecule has 3 nitrogen and oxygen atoms in total. The summed E-state index contributed by atoms with van der Waals surface area (Å²) in [5.74, 6) is -0.901. The van der Waals surface area contributed by atoms with Crippen LogP contribution in [0.3, 0.4) is 0 Å². The van der Waals surface area contributed by atoms with Gasteiger partial charge in [0.2, 0.25) is 0 Å². The molecule has 0 saturated heterocycles. The summed E-state index contributed by atoms with van der Waals surface area (Å²) in [4.78, 5) is 12.5. The predicted molar refractivity (Wildman–Crippen MR) is 48.5 cm³/mol. The fourth-order valence-electron chi connectivity index (χ4n) is 1.40. The Bertz CT molecular complexity index is 361. The third-order valence-corrected chi connectivity index (χ3v) is 2.00. The molecule has 66 valence electrons. The molecular weight excluding hydrogens is 166 g/mol. The van der Waals surface area contributed by atoms with Gasteiger partial charge in [0.15, 0.2) is 0 Å². The summed E-state index contributed by atoms with van der Waals surface area (Å²) >= 11 is 0. The summed E-state index contributed by atoms with van der Waals surface area (Å²) in [6.45, 7) is 0. The molecule has 0 radical (unpaired) electrons. The highest BCUT2D eigenvalue weighted by Crippen LogP contribution is 2.23. The Kier molecular flexibility index (Phi) is 1.77. The highest BCUT2D eigenvalue weighted by Gasteiger charge is 2.19. The average molecular weight is 175 g/mol. The summed E-state index contributed by atoms with van der Waals surface area (Å²) in [7, 11) is 0. The molecule has 0 aromatic heterocycles. The van der Waals surface area contributed by atoms with Crippen LogP contribution in [0.2, 0.25) is 0 Å². The van der Waals surface area contributed by atoms with Crippen molar-refractivity contribution in [3.63, 3.8) is 0 Å². The van der Waals surface area contributed by atoms with Crippen molar-refractivity contribution >= 4 is 5.97 Å². The summed E-state index contributed by atoms with van der Waals surface area (Å²) in [6, 6.07) is 0. The predicted octanol–water partition coefficient (Wildman–Crippen LogP) is 1.63. The quantitative estimate of drug-likeness (QED) is 0.658. The van der Waals surface area contributed by atoms with E-state index in [1.54, 1.807) is 23.3 Å². The van der Waals surface area contributed by atoms with Crippen LogP contribution in [0, 0.1) is 0 Å². The zero-order chi connectivity index (χ0) is 9.26. The number of fused-ring (bicyclic) bond motifs is 1. The maximum Gasteiger partial charge on any atom is 0.352 e. The molecule has 1 N–H and O–H groups in total. The summed E-state index contributed by atoms with van der Waals surface area (Å²) in [6.07, 6.45) is 11.8. The number of carboxylic acid groups (broad SMARTS) is 1. The Morgan fingerprint density at radius 2 is 2.38 bits per heavy atom. The van der Waals surface area contributed by atoms with Crippen molar-refractivity contribution in [3.8, 4) is 0 Å². The Morgan fingerprint density at radius 3 is 3.15 bits per heavy atom. The van der Waals surface area contributed by atoms with Gasteiger partial charge in [-0.15, -0.1) is 0 Å². The molecule has 0 fully saturated rings. The van der Waals surface area contributed by atoms with E-state index >= 15 is 0 Å². The summed E-state index contributed by atoms with van der Waals surface area (Å²) < 4.78 is 0. The highest BCUT2D eigenvalue weighted by molar-refractivity contribution is 5.87. The van der Waals surface area contributed by atoms with Crippen LogP contribution in [0.4, 0.5) is 0 Å². The van der Waals surface area contributed by atoms with Gasteiger partial charge in [-0.25, -0.2) is 4.79 Å². The molecule has 0 aliphatic carbocycles. The molecular formula is C10H9NO2. The molecule has 0 spiro atoms. The molecule has 0 atom stereocenters. The second kappa shape index (κ2) is 2.94. The van der Waals surface area contributed by atoms with Crippen LogP contribution in [0.5, 0.6) is 0 Å². The third kappa shape index (κ3) is 1.28. The van der Waals surface area contributed by atoms with E-state index in [4.69, 9.17) is 5.11 Å². The van der Waals surface area contributed by atoms with Crippen molar-refractivity contribution in [1.29, 1.82) is 0 Å². The van der Waals surface area contributed by atoms with E-state index in [9.17, 15) is 4.79 Å². The van der Waals surface area contributed by atoms with Crippen LogP contribution in [-0.4, -0.2) is 16.0 Å². The second-order valence-electron chi connectivity index (χ2n) is 2.84. The first-order chi connectivity index (χ1) is 6.29. The molecule has 13 heavy (non-hydrogen) atoms. The van der Waals surface area contributed by atoms with Crippen molar-refractivity contribution in [2.75, 3.05) is 0 Å². The van der Waals surface area contributed by atoms with E-state index in [1.165, 1.54) is 0 Å². The number of hydrogen-bond donors (Lipinski definition) is 1. The van der Waals surface area contributed by atoms with Crippen molar-refractivity contribution in [1.82, 2.24) is 4.90 Å². The van der Waals surface area contributed by atoms with E-state index in [2.05, 4.69) is 0 Å². The van der Waals surface area contributed by atoms with Gasteiger partial charge in [-0.3, -0.25) is 0 Å². The molecule has 0 aromatic rings. The zero-order valence-electron chi connectivity index (χ0n) is 6.97. The van der Waals surface area contributed by atoms with E-state index in [0.717, 1.165) is 12.1 Å². The largest absolute Gasteiger partial charge is 0.477 e. The van der Waals surface area contributed by atoms with E-state index in [0.29, 0.717) is 5.70 Å². The van der Waals surface area contributed by atoms with Crippen molar-refractivity contribution in [2.45, 2.75) is 6.42 Å². The number of carboxylic acids is 1. The zero-order valence-corrected chi connectivity index (χ0v) is 6.97. The number of aliphatic carboxylic acids is 1. The van der Waals surface area contributed by atoms with Crippen LogP contribution >= 0.6 is 0 Å². The molecule has 2 aliphatic rings. The Labute approximate surface area is 76.0 Å². The molecule has 2 rings (SSSR count). The molecule has 0 amide bonds. The first kappa shape index (κ1) is 7.86. The van der Waals surface area contributed by atoms with Gasteiger partial charge in [0.1, 0.15) is 5.70 Å². The SMILES string of the molecule is O=C(O)C1=CC=CC2=CCC=CN21. The van der Waals surface area contributed by atoms with Crippen molar-refractivity contribution in [2.24, 2.45) is 0 Å². The van der Waals surface area contributed by atoms with Gasteiger partial charge in [0, 0.05) is 11.9 Å². The number of allylic oxidation sites excluding steroid dienone is 5. The second-order valence-corrected chi connectivity index (χ2v) is 2.84. The molecule has 0 saturated carbocycles. The molecule has 3 heteroatoms. The van der Waals surface area contributed by atoms with Crippen molar-refractivity contribution < 1.29 is 9.90 Å². The molecule has 0 unspecified atom stereocenters. The van der Waals surface area contributed by atoms with Gasteiger partial charge in [-0.1, -0.05) is 18.2 Å². The van der Waals surface area contributed by atoms with Crippen LogP contribution < -0.4 is 0 Å². The average Bonchev–Trinajstić information content (AvgIpc) is 2.17. The first-order valence-corrected chi connectivity index (χ1v) is 4.07. The smallest absolute Gasteiger partial charge is 0.352 e. The fraction of sp³-hybridized carbons (Fsp3) is 0.100. The van der Waals surface area contributed by atoms with Gasteiger partial charge >= 0.3 is 5.97 Å². The van der Waals surface area contributed by atoms with Gasteiger partial charge in [0.25, 0.3) is 0 Å². The molecule has 0 aromatic carbocycles. The van der Waals surface area contributed by atoms with E-state index in [1.807, 2.05) is 18.2 Å². The van der Waals surface area contributed by atoms with E-state index in [-0.39, 0.29) is 0 Å². The lowest BCUT2D eigenvalue weighted by Gasteiger charge is -2.26. The Morgan fingerprint density at radius 1 is 1.54 bits per heavy atom. The third-order valence-electron chi connectivity index (χ3n) is 2.00. The Balaban J connectivity index is 2.39. The van der Waals surface area contributed by atoms with E-state index < -0.39 is 5.97 Å². The monoisotopic (exact) mass is 175 g/mol. The highest BCUT2D eigenvalue weighted by atomic mass is 16.4. The Hall–Kier alpha value is -1.77. The minimum Gasteiger partial charge on any atom is -0.477 e. The maximum atomic E-state index is 10.8. The normalized spacial score (nSPS) is 19.2. The van der Waals surface area contributed by atoms with Gasteiger partial charge in [-0.2, -0.15) is 0 Å². The lowest BCUT2D eigenvalue weighted by molar-refractivity contribution is -0.133. The van der Waals surface area contributed by atoms with Gasteiger partial charge < -0.3 is 10.0 Å². The van der Waals surface area contributed by atoms with Crippen LogP contribution in [0.25, 0.3) is 0 Å². The maximum absolute atomic E-state index is 10.8. The molecule has 2 heterocycles. The first-order valence-electron chi connectivity index (χ1n) is 4.07. The number of hydrogen-bond acceptors (Lipinski definition) is 2. The number of rotatable bonds is 1. The number of nitrogens with zero attached hydrogens (tertiary/aromatic N) is 1. The standard InChI is InChI=1S/C10H9NO2/c12-10(13)9-6-3-5-8-4-1-2-7-11(8)9/h2-7H,1H2,(H,12,13). The molecule has 0 bridgehead atoms. The number of carbonyl (C=O) groups is 1. The fourth-order valence-corrected chi connectivity index (χ4v) is 1.40. The summed E-state index contributed by atoms with van der Waals surface area (Å²) in [5.41, 5.74) is 1.23. The van der Waals surface area contributed by atoms with Gasteiger partial charge in [-0.05, 0) is 18.6 Å². The van der Waals surface area contributed by atoms with Crippen molar-refractivity contribution in [3.05, 3.63) is 48.0 Å². The molecule has 2 aliphatic heterocycles. The minimum absolute atomic E-state index is 0.296. The van der Waals surface area contributed by atoms with Crippen LogP contribution in [0.1, 0.15) is 6.42 Å². The summed E-state index contributed by atoms with van der Waals surface area (Å²) in [5, 5.41) is 8.87. The van der Waals surface area contributed by atoms with Crippen LogP contribution in [0.15, 0.2) is 48.0 Å². The minimum atomic E-state index is -0.901. The topological polar surface area (TPSA) is 40.5 Å². The van der Waals surface area contributed by atoms with Gasteiger partial charge in [0.05, 0.1) is 0 Å². The van der Waals surface area contributed by atoms with Crippen LogP contribution in [-0.2, 0) is 4.79 Å².